The number of hydrogen-bond acceptors (Lipinski definition) is 5. The summed E-state index contributed by atoms with van der Waals surface area (Å²) < 4.78 is 0. The van der Waals surface area contributed by atoms with E-state index < -0.39 is 5.41 Å². The monoisotopic (exact) mass is 273 g/mol. The molecule has 1 aromatic rings. The highest BCUT2D eigenvalue weighted by molar-refractivity contribution is 5.84. The Hall–Kier alpha value is -2.16. The third-order valence-electron chi connectivity index (χ3n) is 3.52. The Morgan fingerprint density at radius 3 is 2.75 bits per heavy atom. The lowest BCUT2D eigenvalue weighted by atomic mass is 9.92. The molecule has 1 aliphatic rings. The second-order valence-electron chi connectivity index (χ2n) is 5.56. The molecule has 0 radical (unpaired) electrons. The SMILES string of the molecule is CC(C)(C#N)C(=O)N1CCC(Nc2cccnn2)CC1. The van der Waals surface area contributed by atoms with Gasteiger partial charge in [-0.2, -0.15) is 10.4 Å². The lowest BCUT2D eigenvalue weighted by Gasteiger charge is -2.35. The van der Waals surface area contributed by atoms with Crippen LogP contribution in [0.5, 0.6) is 0 Å². The number of carbonyl (C=O) groups is 1. The second kappa shape index (κ2) is 5.87. The first-order chi connectivity index (χ1) is 9.53. The van der Waals surface area contributed by atoms with Crippen LogP contribution in [0.1, 0.15) is 26.7 Å². The van der Waals surface area contributed by atoms with Crippen LogP contribution < -0.4 is 5.32 Å². The minimum atomic E-state index is -0.939. The van der Waals surface area contributed by atoms with Crippen LogP contribution in [-0.2, 0) is 4.79 Å². The summed E-state index contributed by atoms with van der Waals surface area (Å²) in [6, 6.07) is 6.07. The fourth-order valence-electron chi connectivity index (χ4n) is 2.26. The van der Waals surface area contributed by atoms with Crippen LogP contribution in [0.3, 0.4) is 0 Å². The molecule has 2 heterocycles. The zero-order valence-corrected chi connectivity index (χ0v) is 11.8. The summed E-state index contributed by atoms with van der Waals surface area (Å²) in [4.78, 5) is 14.0. The largest absolute Gasteiger partial charge is 0.366 e. The molecule has 0 spiro atoms. The summed E-state index contributed by atoms with van der Waals surface area (Å²) in [5.41, 5.74) is -0.939. The minimum absolute atomic E-state index is 0.0852. The lowest BCUT2D eigenvalue weighted by molar-refractivity contribution is -0.138. The number of carbonyl (C=O) groups excluding carboxylic acids is 1. The molecule has 6 heteroatoms. The highest BCUT2D eigenvalue weighted by Crippen LogP contribution is 2.22. The van der Waals surface area contributed by atoms with Gasteiger partial charge in [0.05, 0.1) is 6.07 Å². The van der Waals surface area contributed by atoms with Crippen LogP contribution in [0, 0.1) is 16.7 Å². The molecule has 0 aliphatic carbocycles. The van der Waals surface area contributed by atoms with Crippen molar-refractivity contribution < 1.29 is 4.79 Å². The molecule has 1 N–H and O–H groups in total. The molecule has 1 aliphatic heterocycles. The number of likely N-dealkylation sites (tertiary alicyclic amines) is 1. The summed E-state index contributed by atoms with van der Waals surface area (Å²) >= 11 is 0. The summed E-state index contributed by atoms with van der Waals surface area (Å²) in [6.45, 7) is 4.67. The predicted molar refractivity (Wildman–Crippen MR) is 74.7 cm³/mol. The van der Waals surface area contributed by atoms with Crippen LogP contribution in [0.15, 0.2) is 18.3 Å². The molecule has 0 atom stereocenters. The van der Waals surface area contributed by atoms with Crippen molar-refractivity contribution in [1.29, 1.82) is 5.26 Å². The van der Waals surface area contributed by atoms with E-state index in [4.69, 9.17) is 5.26 Å². The first-order valence-corrected chi connectivity index (χ1v) is 6.78. The molecule has 0 aromatic carbocycles. The number of anilines is 1. The standard InChI is InChI=1S/C14H19N5O/c1-14(2,10-15)13(20)19-8-5-11(6-9-19)17-12-4-3-7-16-18-12/h3-4,7,11H,5-6,8-9H2,1-2H3,(H,17,18). The maximum atomic E-state index is 12.2. The van der Waals surface area contributed by atoms with Crippen LogP contribution in [-0.4, -0.2) is 40.1 Å². The maximum absolute atomic E-state index is 12.2. The molecule has 20 heavy (non-hydrogen) atoms. The van der Waals surface area contributed by atoms with Crippen LogP contribution >= 0.6 is 0 Å². The van der Waals surface area contributed by atoms with Gasteiger partial charge in [-0.1, -0.05) is 0 Å². The molecule has 1 aromatic heterocycles. The van der Waals surface area contributed by atoms with Crippen LogP contribution in [0.25, 0.3) is 0 Å². The van der Waals surface area contributed by atoms with Gasteiger partial charge < -0.3 is 10.2 Å². The van der Waals surface area contributed by atoms with Crippen molar-refractivity contribution in [2.75, 3.05) is 18.4 Å². The molecule has 1 fully saturated rings. The van der Waals surface area contributed by atoms with Gasteiger partial charge in [0, 0.05) is 25.3 Å². The average Bonchev–Trinajstić information content (AvgIpc) is 2.48. The highest BCUT2D eigenvalue weighted by Gasteiger charge is 2.34. The third-order valence-corrected chi connectivity index (χ3v) is 3.52. The molecule has 2 rings (SSSR count). The fourth-order valence-corrected chi connectivity index (χ4v) is 2.26. The number of piperidine rings is 1. The Balaban J connectivity index is 1.87. The number of nitriles is 1. The smallest absolute Gasteiger partial charge is 0.242 e. The summed E-state index contributed by atoms with van der Waals surface area (Å²) in [5, 5.41) is 20.2. The van der Waals surface area contributed by atoms with Gasteiger partial charge in [-0.05, 0) is 38.8 Å². The van der Waals surface area contributed by atoms with Crippen molar-refractivity contribution in [1.82, 2.24) is 15.1 Å². The lowest BCUT2D eigenvalue weighted by Crippen LogP contribution is -2.47. The Morgan fingerprint density at radius 2 is 2.20 bits per heavy atom. The minimum Gasteiger partial charge on any atom is -0.366 e. The normalized spacial score (nSPS) is 16.6. The number of nitrogens with one attached hydrogen (secondary N) is 1. The van der Waals surface area contributed by atoms with Crippen molar-refractivity contribution in [3.05, 3.63) is 18.3 Å². The van der Waals surface area contributed by atoms with E-state index in [0.29, 0.717) is 19.1 Å². The molecule has 0 saturated carbocycles. The van der Waals surface area contributed by atoms with E-state index in [1.807, 2.05) is 12.1 Å². The number of amides is 1. The molecule has 1 amide bonds. The van der Waals surface area contributed by atoms with E-state index in [1.165, 1.54) is 0 Å². The predicted octanol–water partition coefficient (Wildman–Crippen LogP) is 1.43. The molecule has 0 bridgehead atoms. The molecule has 106 valence electrons. The third kappa shape index (κ3) is 3.23. The average molecular weight is 273 g/mol. The van der Waals surface area contributed by atoms with Crippen molar-refractivity contribution >= 4 is 11.7 Å². The zero-order chi connectivity index (χ0) is 14.6. The molecule has 1 saturated heterocycles. The maximum Gasteiger partial charge on any atom is 0.242 e. The quantitative estimate of drug-likeness (QED) is 0.901. The van der Waals surface area contributed by atoms with Crippen molar-refractivity contribution in [2.45, 2.75) is 32.7 Å². The van der Waals surface area contributed by atoms with E-state index >= 15 is 0 Å². The van der Waals surface area contributed by atoms with E-state index in [9.17, 15) is 4.79 Å². The zero-order valence-electron chi connectivity index (χ0n) is 11.8. The van der Waals surface area contributed by atoms with Gasteiger partial charge in [0.25, 0.3) is 0 Å². The van der Waals surface area contributed by atoms with Crippen LogP contribution in [0.2, 0.25) is 0 Å². The first-order valence-electron chi connectivity index (χ1n) is 6.78. The highest BCUT2D eigenvalue weighted by atomic mass is 16.2. The van der Waals surface area contributed by atoms with Crippen molar-refractivity contribution in [3.8, 4) is 6.07 Å². The van der Waals surface area contributed by atoms with Crippen LogP contribution in [0.4, 0.5) is 5.82 Å². The van der Waals surface area contributed by atoms with Gasteiger partial charge in [0.15, 0.2) is 0 Å². The van der Waals surface area contributed by atoms with Gasteiger partial charge in [0.1, 0.15) is 11.2 Å². The molecular formula is C14H19N5O. The van der Waals surface area contributed by atoms with E-state index in [2.05, 4.69) is 21.6 Å². The summed E-state index contributed by atoms with van der Waals surface area (Å²) in [6.07, 6.45) is 3.34. The number of rotatable bonds is 3. The second-order valence-corrected chi connectivity index (χ2v) is 5.56. The Bertz CT molecular complexity index is 500. The van der Waals surface area contributed by atoms with Gasteiger partial charge in [-0.25, -0.2) is 0 Å². The fraction of sp³-hybridized carbons (Fsp3) is 0.571. The van der Waals surface area contributed by atoms with Gasteiger partial charge in [-0.15, -0.1) is 5.10 Å². The van der Waals surface area contributed by atoms with Gasteiger partial charge >= 0.3 is 0 Å². The first kappa shape index (κ1) is 14.3. The number of hydrogen-bond donors (Lipinski definition) is 1. The topological polar surface area (TPSA) is 81.9 Å². The van der Waals surface area contributed by atoms with Gasteiger partial charge in [0.2, 0.25) is 5.91 Å². The Labute approximate surface area is 118 Å². The number of aromatic nitrogens is 2. The number of nitrogens with zero attached hydrogens (tertiary/aromatic N) is 4. The Morgan fingerprint density at radius 1 is 1.50 bits per heavy atom. The molecule has 6 nitrogen and oxygen atoms in total. The van der Waals surface area contributed by atoms with Gasteiger partial charge in [-0.3, -0.25) is 4.79 Å². The van der Waals surface area contributed by atoms with Crippen molar-refractivity contribution in [3.63, 3.8) is 0 Å². The summed E-state index contributed by atoms with van der Waals surface area (Å²) in [5.74, 6) is 0.674. The van der Waals surface area contributed by atoms with E-state index in [1.54, 1.807) is 24.9 Å². The molecular weight excluding hydrogens is 254 g/mol. The van der Waals surface area contributed by atoms with Crippen molar-refractivity contribution in [2.24, 2.45) is 5.41 Å². The van der Waals surface area contributed by atoms with E-state index in [0.717, 1.165) is 18.7 Å². The summed E-state index contributed by atoms with van der Waals surface area (Å²) in [7, 11) is 0. The molecule has 0 unspecified atom stereocenters. The Kier molecular flexibility index (Phi) is 4.18. The van der Waals surface area contributed by atoms with E-state index in [-0.39, 0.29) is 5.91 Å².